The summed E-state index contributed by atoms with van der Waals surface area (Å²) in [4.78, 5) is 12.5. The summed E-state index contributed by atoms with van der Waals surface area (Å²) in [6.07, 6.45) is 2.31. The van der Waals surface area contributed by atoms with Crippen LogP contribution in [0.15, 0.2) is 57.6 Å². The Bertz CT molecular complexity index is 1080. The van der Waals surface area contributed by atoms with Crippen LogP contribution in [-0.2, 0) is 24.3 Å². The van der Waals surface area contributed by atoms with E-state index in [1.165, 1.54) is 0 Å². The van der Waals surface area contributed by atoms with E-state index < -0.39 is 0 Å². The Labute approximate surface area is 162 Å². The SMILES string of the molecule is CC(C)Cc1nnc(-c2cc3ccccc3n2CC(=O)NCc2ccco2)o1. The Morgan fingerprint density at radius 2 is 2.04 bits per heavy atom. The summed E-state index contributed by atoms with van der Waals surface area (Å²) in [5.41, 5.74) is 1.67. The average molecular weight is 378 g/mol. The largest absolute Gasteiger partial charge is 0.467 e. The molecule has 0 aliphatic rings. The fourth-order valence-corrected chi connectivity index (χ4v) is 3.15. The molecule has 0 bridgehead atoms. The third kappa shape index (κ3) is 3.83. The zero-order valence-electron chi connectivity index (χ0n) is 15.9. The van der Waals surface area contributed by atoms with Crippen LogP contribution in [0, 0.1) is 5.92 Å². The lowest BCUT2D eigenvalue weighted by atomic mass is 10.1. The van der Waals surface area contributed by atoms with E-state index in [0.717, 1.165) is 23.0 Å². The van der Waals surface area contributed by atoms with Crippen LogP contribution >= 0.6 is 0 Å². The highest BCUT2D eigenvalue weighted by atomic mass is 16.4. The van der Waals surface area contributed by atoms with E-state index >= 15 is 0 Å². The molecule has 1 N–H and O–H groups in total. The number of nitrogens with one attached hydrogen (secondary N) is 1. The first-order valence-corrected chi connectivity index (χ1v) is 9.30. The standard InChI is InChI=1S/C21H22N4O3/c1-14(2)10-20-23-24-21(28-20)18-11-15-6-3-4-8-17(15)25(18)13-19(26)22-12-16-7-5-9-27-16/h3-9,11,14H,10,12-13H2,1-2H3,(H,22,26). The molecule has 4 rings (SSSR count). The van der Waals surface area contributed by atoms with Crippen LogP contribution in [-0.4, -0.2) is 20.7 Å². The highest BCUT2D eigenvalue weighted by Crippen LogP contribution is 2.28. The van der Waals surface area contributed by atoms with E-state index in [4.69, 9.17) is 8.83 Å². The maximum absolute atomic E-state index is 12.5. The van der Waals surface area contributed by atoms with Gasteiger partial charge in [-0.1, -0.05) is 32.0 Å². The number of hydrogen-bond acceptors (Lipinski definition) is 5. The topological polar surface area (TPSA) is 86.1 Å². The second-order valence-corrected chi connectivity index (χ2v) is 7.13. The molecule has 0 saturated heterocycles. The van der Waals surface area contributed by atoms with Gasteiger partial charge in [-0.3, -0.25) is 4.79 Å². The lowest BCUT2D eigenvalue weighted by Gasteiger charge is -2.09. The third-order valence-corrected chi connectivity index (χ3v) is 4.42. The van der Waals surface area contributed by atoms with Crippen molar-refractivity contribution in [2.45, 2.75) is 33.4 Å². The summed E-state index contributed by atoms with van der Waals surface area (Å²) in [6, 6.07) is 13.5. The zero-order valence-corrected chi connectivity index (χ0v) is 15.9. The van der Waals surface area contributed by atoms with Gasteiger partial charge in [0.25, 0.3) is 5.89 Å². The van der Waals surface area contributed by atoms with Gasteiger partial charge in [0.05, 0.1) is 12.8 Å². The van der Waals surface area contributed by atoms with Gasteiger partial charge < -0.3 is 18.7 Å². The molecule has 28 heavy (non-hydrogen) atoms. The monoisotopic (exact) mass is 378 g/mol. The highest BCUT2D eigenvalue weighted by molar-refractivity contribution is 5.88. The lowest BCUT2D eigenvalue weighted by Crippen LogP contribution is -2.27. The predicted octanol–water partition coefficient (Wildman–Crippen LogP) is 3.80. The van der Waals surface area contributed by atoms with Crippen LogP contribution in [0.5, 0.6) is 0 Å². The molecule has 3 heterocycles. The molecule has 0 radical (unpaired) electrons. The number of benzene rings is 1. The van der Waals surface area contributed by atoms with Crippen molar-refractivity contribution in [1.29, 1.82) is 0 Å². The summed E-state index contributed by atoms with van der Waals surface area (Å²) >= 11 is 0. The number of rotatable bonds is 7. The number of carbonyl (C=O) groups excluding carboxylic acids is 1. The summed E-state index contributed by atoms with van der Waals surface area (Å²) in [7, 11) is 0. The van der Waals surface area contributed by atoms with Gasteiger partial charge in [0, 0.05) is 17.3 Å². The molecule has 7 heteroatoms. The number of para-hydroxylation sites is 1. The fraction of sp³-hybridized carbons (Fsp3) is 0.286. The molecule has 0 spiro atoms. The van der Waals surface area contributed by atoms with Crippen molar-refractivity contribution in [1.82, 2.24) is 20.1 Å². The minimum Gasteiger partial charge on any atom is -0.467 e. The van der Waals surface area contributed by atoms with Gasteiger partial charge in [0.1, 0.15) is 18.0 Å². The van der Waals surface area contributed by atoms with Gasteiger partial charge in [0.15, 0.2) is 0 Å². The third-order valence-electron chi connectivity index (χ3n) is 4.42. The van der Waals surface area contributed by atoms with Crippen molar-refractivity contribution < 1.29 is 13.6 Å². The summed E-state index contributed by atoms with van der Waals surface area (Å²) < 4.78 is 13.0. The maximum atomic E-state index is 12.5. The first-order chi connectivity index (χ1) is 13.6. The minimum absolute atomic E-state index is 0.124. The van der Waals surface area contributed by atoms with Crippen molar-refractivity contribution in [3.05, 3.63) is 60.4 Å². The van der Waals surface area contributed by atoms with E-state index in [2.05, 4.69) is 29.4 Å². The van der Waals surface area contributed by atoms with Crippen LogP contribution in [0.1, 0.15) is 25.5 Å². The van der Waals surface area contributed by atoms with E-state index in [-0.39, 0.29) is 12.5 Å². The number of carbonyl (C=O) groups is 1. The van der Waals surface area contributed by atoms with Crippen LogP contribution < -0.4 is 5.32 Å². The quantitative estimate of drug-likeness (QED) is 0.529. The Kier molecular flexibility index (Phi) is 4.97. The Hall–Kier alpha value is -3.35. The number of aromatic nitrogens is 3. The molecule has 4 aromatic rings. The molecule has 0 aliphatic carbocycles. The lowest BCUT2D eigenvalue weighted by molar-refractivity contribution is -0.121. The molecule has 7 nitrogen and oxygen atoms in total. The summed E-state index contributed by atoms with van der Waals surface area (Å²) in [5.74, 6) is 2.03. The van der Waals surface area contributed by atoms with E-state index in [1.807, 2.05) is 41.0 Å². The van der Waals surface area contributed by atoms with Gasteiger partial charge in [0.2, 0.25) is 11.8 Å². The molecular weight excluding hydrogens is 356 g/mol. The van der Waals surface area contributed by atoms with Crippen LogP contribution in [0.2, 0.25) is 0 Å². The molecule has 3 aromatic heterocycles. The van der Waals surface area contributed by atoms with Gasteiger partial charge >= 0.3 is 0 Å². The van der Waals surface area contributed by atoms with E-state index in [9.17, 15) is 4.79 Å². The zero-order chi connectivity index (χ0) is 19.5. The predicted molar refractivity (Wildman–Crippen MR) is 104 cm³/mol. The van der Waals surface area contributed by atoms with Gasteiger partial charge in [-0.15, -0.1) is 10.2 Å². The number of furan rings is 1. The van der Waals surface area contributed by atoms with Gasteiger partial charge in [-0.05, 0) is 30.2 Å². The molecule has 0 atom stereocenters. The fourth-order valence-electron chi connectivity index (χ4n) is 3.15. The second kappa shape index (κ2) is 7.72. The first-order valence-electron chi connectivity index (χ1n) is 9.30. The summed E-state index contributed by atoms with van der Waals surface area (Å²) in [6.45, 7) is 4.69. The Balaban J connectivity index is 1.61. The van der Waals surface area contributed by atoms with Crippen molar-refractivity contribution in [3.63, 3.8) is 0 Å². The number of hydrogen-bond donors (Lipinski definition) is 1. The van der Waals surface area contributed by atoms with Gasteiger partial charge in [-0.2, -0.15) is 0 Å². The minimum atomic E-state index is -0.124. The van der Waals surface area contributed by atoms with Crippen molar-refractivity contribution in [2.75, 3.05) is 0 Å². The molecule has 1 aromatic carbocycles. The van der Waals surface area contributed by atoms with Crippen LogP contribution in [0.25, 0.3) is 22.5 Å². The smallest absolute Gasteiger partial charge is 0.264 e. The molecule has 1 amide bonds. The first kappa shape index (κ1) is 18.0. The maximum Gasteiger partial charge on any atom is 0.264 e. The van der Waals surface area contributed by atoms with E-state index in [1.54, 1.807) is 12.3 Å². The molecule has 0 fully saturated rings. The average Bonchev–Trinajstić information content (AvgIpc) is 3.40. The highest BCUT2D eigenvalue weighted by Gasteiger charge is 2.18. The molecule has 0 unspecified atom stereocenters. The van der Waals surface area contributed by atoms with Crippen molar-refractivity contribution >= 4 is 16.8 Å². The summed E-state index contributed by atoms with van der Waals surface area (Å²) in [5, 5.41) is 12.2. The normalized spacial score (nSPS) is 11.4. The molecule has 144 valence electrons. The van der Waals surface area contributed by atoms with E-state index in [0.29, 0.717) is 30.0 Å². The van der Waals surface area contributed by atoms with Gasteiger partial charge in [-0.25, -0.2) is 0 Å². The molecular formula is C21H22N4O3. The Morgan fingerprint density at radius 1 is 1.18 bits per heavy atom. The van der Waals surface area contributed by atoms with Crippen LogP contribution in [0.3, 0.4) is 0 Å². The van der Waals surface area contributed by atoms with Crippen molar-refractivity contribution in [2.24, 2.45) is 5.92 Å². The number of nitrogens with zero attached hydrogens (tertiary/aromatic N) is 3. The Morgan fingerprint density at radius 3 is 2.82 bits per heavy atom. The number of fused-ring (bicyclic) bond motifs is 1. The number of amides is 1. The van der Waals surface area contributed by atoms with Crippen molar-refractivity contribution in [3.8, 4) is 11.6 Å². The molecule has 0 saturated carbocycles. The molecule has 0 aliphatic heterocycles. The second-order valence-electron chi connectivity index (χ2n) is 7.13. The van der Waals surface area contributed by atoms with Crippen LogP contribution in [0.4, 0.5) is 0 Å².